The van der Waals surface area contributed by atoms with Crippen LogP contribution in [-0.2, 0) is 13.0 Å². The third kappa shape index (κ3) is 4.85. The third-order valence-electron chi connectivity index (χ3n) is 5.99. The number of aryl methyl sites for hydroxylation is 1. The number of nitrogens with zero attached hydrogens (tertiary/aromatic N) is 6. The second-order valence-electron chi connectivity index (χ2n) is 8.49. The highest BCUT2D eigenvalue weighted by Gasteiger charge is 2.16. The molecule has 0 aliphatic heterocycles. The van der Waals surface area contributed by atoms with Gasteiger partial charge < -0.3 is 10.3 Å². The fourth-order valence-corrected chi connectivity index (χ4v) is 4.28. The lowest BCUT2D eigenvalue weighted by Gasteiger charge is -2.09. The lowest BCUT2D eigenvalue weighted by Crippen LogP contribution is -2.18. The molecule has 8 heteroatoms. The second-order valence-corrected chi connectivity index (χ2v) is 8.49. The first-order valence-corrected chi connectivity index (χ1v) is 11.9. The van der Waals surface area contributed by atoms with Gasteiger partial charge in [-0.25, -0.2) is 14.5 Å². The number of benzene rings is 1. The van der Waals surface area contributed by atoms with Crippen molar-refractivity contribution < 1.29 is 0 Å². The van der Waals surface area contributed by atoms with Gasteiger partial charge in [-0.05, 0) is 69.4 Å². The average Bonchev–Trinajstić information content (AvgIpc) is 3.54. The van der Waals surface area contributed by atoms with E-state index in [1.54, 1.807) is 10.8 Å². The van der Waals surface area contributed by atoms with Crippen molar-refractivity contribution in [2.24, 2.45) is 4.99 Å². The summed E-state index contributed by atoms with van der Waals surface area (Å²) in [5.41, 5.74) is 8.51. The predicted molar refractivity (Wildman–Crippen MR) is 144 cm³/mol. The molecule has 0 unspecified atom stereocenters. The molecule has 8 nitrogen and oxygen atoms in total. The van der Waals surface area contributed by atoms with Crippen LogP contribution in [0.4, 0.5) is 5.69 Å². The monoisotopic (exact) mass is 476 g/mol. The molecule has 2 N–H and O–H groups in total. The summed E-state index contributed by atoms with van der Waals surface area (Å²) in [7, 11) is 0. The molecule has 4 aromatic heterocycles. The molecule has 0 aliphatic rings. The maximum atomic E-state index is 4.94. The van der Waals surface area contributed by atoms with Crippen molar-refractivity contribution in [2.45, 2.75) is 26.8 Å². The summed E-state index contributed by atoms with van der Waals surface area (Å²) in [5, 5.41) is 7.80. The topological polar surface area (TPSA) is 96.2 Å². The Morgan fingerprint density at radius 1 is 1.11 bits per heavy atom. The summed E-state index contributed by atoms with van der Waals surface area (Å²) in [5.74, 6) is 0.845. The molecule has 0 bridgehead atoms. The van der Waals surface area contributed by atoms with Crippen LogP contribution in [0, 0.1) is 6.92 Å². The molecule has 36 heavy (non-hydrogen) atoms. The van der Waals surface area contributed by atoms with Gasteiger partial charge in [-0.2, -0.15) is 5.10 Å². The van der Waals surface area contributed by atoms with Gasteiger partial charge in [0.1, 0.15) is 12.2 Å². The summed E-state index contributed by atoms with van der Waals surface area (Å²) in [4.78, 5) is 21.6. The molecular formula is C28H28N8. The van der Waals surface area contributed by atoms with Gasteiger partial charge >= 0.3 is 0 Å². The number of aliphatic imine (C=N–C) groups is 1. The highest BCUT2D eigenvalue weighted by atomic mass is 15.3. The smallest absolute Gasteiger partial charge is 0.155 e. The number of imidazole rings is 1. The number of fused-ring (bicyclic) bond motifs is 1. The molecule has 0 saturated carbocycles. The van der Waals surface area contributed by atoms with Crippen LogP contribution in [0.2, 0.25) is 0 Å². The van der Waals surface area contributed by atoms with Crippen molar-refractivity contribution >= 4 is 24.1 Å². The predicted octanol–water partition coefficient (Wildman–Crippen LogP) is 5.19. The van der Waals surface area contributed by atoms with Crippen molar-refractivity contribution in [3.8, 4) is 22.6 Å². The summed E-state index contributed by atoms with van der Waals surface area (Å²) in [6, 6.07) is 16.1. The fraction of sp³-hybridized carbons (Fsp3) is 0.179. The second kappa shape index (κ2) is 10.5. The van der Waals surface area contributed by atoms with Crippen LogP contribution in [0.25, 0.3) is 34.4 Å². The number of H-pyrrole nitrogens is 1. The van der Waals surface area contributed by atoms with E-state index in [9.17, 15) is 0 Å². The van der Waals surface area contributed by atoms with Crippen LogP contribution in [0.15, 0.2) is 72.1 Å². The lowest BCUT2D eigenvalue weighted by molar-refractivity contribution is 0.665. The van der Waals surface area contributed by atoms with Crippen LogP contribution in [-0.4, -0.2) is 42.8 Å². The van der Waals surface area contributed by atoms with Gasteiger partial charge in [0.25, 0.3) is 0 Å². The summed E-state index contributed by atoms with van der Waals surface area (Å²) in [6.45, 7) is 9.10. The Bertz CT molecular complexity index is 1540. The van der Waals surface area contributed by atoms with Crippen LogP contribution >= 0.6 is 0 Å². The minimum atomic E-state index is 0.600. The van der Waals surface area contributed by atoms with E-state index in [1.165, 1.54) is 5.56 Å². The average molecular weight is 477 g/mol. The van der Waals surface area contributed by atoms with E-state index in [2.05, 4.69) is 44.2 Å². The first-order valence-electron chi connectivity index (χ1n) is 11.9. The molecule has 4 heterocycles. The van der Waals surface area contributed by atoms with Gasteiger partial charge in [0, 0.05) is 23.0 Å². The van der Waals surface area contributed by atoms with E-state index in [4.69, 9.17) is 9.97 Å². The Morgan fingerprint density at radius 2 is 2.00 bits per heavy atom. The number of nitrogens with one attached hydrogen (secondary N) is 2. The first kappa shape index (κ1) is 23.3. The minimum absolute atomic E-state index is 0.600. The van der Waals surface area contributed by atoms with Crippen LogP contribution in [0.3, 0.4) is 0 Å². The first-order chi connectivity index (χ1) is 17.7. The van der Waals surface area contributed by atoms with E-state index in [0.29, 0.717) is 6.54 Å². The highest BCUT2D eigenvalue weighted by Crippen LogP contribution is 2.29. The fourth-order valence-electron chi connectivity index (χ4n) is 4.28. The molecule has 1 aromatic carbocycles. The molecule has 0 spiro atoms. The van der Waals surface area contributed by atoms with E-state index >= 15 is 0 Å². The number of aromatic nitrogens is 6. The Balaban J connectivity index is 1.38. The number of rotatable bonds is 9. The third-order valence-corrected chi connectivity index (χ3v) is 5.99. The zero-order chi connectivity index (χ0) is 24.9. The summed E-state index contributed by atoms with van der Waals surface area (Å²) < 4.78 is 1.75. The van der Waals surface area contributed by atoms with Crippen molar-refractivity contribution in [3.63, 3.8) is 0 Å². The SMILES string of the molecule is C=Nc1cccc(CCNCc2nc(-c3ccc4ncnn4c3)c(-c3cccc(C)n3)[nH]2)c1/C=C\C. The van der Waals surface area contributed by atoms with Crippen molar-refractivity contribution in [2.75, 3.05) is 6.54 Å². The number of pyridine rings is 2. The summed E-state index contributed by atoms with van der Waals surface area (Å²) in [6.07, 6.45) is 8.48. The van der Waals surface area contributed by atoms with Gasteiger partial charge in [-0.3, -0.25) is 9.98 Å². The van der Waals surface area contributed by atoms with E-state index < -0.39 is 0 Å². The molecular weight excluding hydrogens is 448 g/mol. The molecule has 5 aromatic rings. The van der Waals surface area contributed by atoms with Gasteiger partial charge in [-0.15, -0.1) is 0 Å². The molecule has 0 saturated heterocycles. The number of allylic oxidation sites excluding steroid dienone is 1. The van der Waals surface area contributed by atoms with Gasteiger partial charge in [0.15, 0.2) is 5.65 Å². The number of aromatic amines is 1. The van der Waals surface area contributed by atoms with E-state index in [1.807, 2.05) is 68.6 Å². The Kier molecular flexibility index (Phi) is 6.77. The van der Waals surface area contributed by atoms with Gasteiger partial charge in [0.05, 0.1) is 29.3 Å². The highest BCUT2D eigenvalue weighted by molar-refractivity contribution is 5.77. The van der Waals surface area contributed by atoms with Crippen molar-refractivity contribution in [1.82, 2.24) is 34.9 Å². The molecule has 5 rings (SSSR count). The number of hydrogen-bond acceptors (Lipinski definition) is 6. The zero-order valence-corrected chi connectivity index (χ0v) is 20.4. The normalized spacial score (nSPS) is 11.5. The molecule has 0 radical (unpaired) electrons. The summed E-state index contributed by atoms with van der Waals surface area (Å²) >= 11 is 0. The van der Waals surface area contributed by atoms with Gasteiger partial charge in [0.2, 0.25) is 0 Å². The molecule has 180 valence electrons. The largest absolute Gasteiger partial charge is 0.339 e. The minimum Gasteiger partial charge on any atom is -0.339 e. The maximum Gasteiger partial charge on any atom is 0.155 e. The molecule has 0 fully saturated rings. The van der Waals surface area contributed by atoms with E-state index in [0.717, 1.165) is 64.0 Å². The van der Waals surface area contributed by atoms with E-state index in [-0.39, 0.29) is 0 Å². The van der Waals surface area contributed by atoms with Crippen LogP contribution in [0.5, 0.6) is 0 Å². The van der Waals surface area contributed by atoms with Crippen molar-refractivity contribution in [1.29, 1.82) is 0 Å². The Hall–Kier alpha value is -4.43. The van der Waals surface area contributed by atoms with Crippen LogP contribution in [0.1, 0.15) is 29.6 Å². The standard InChI is InChI=1S/C28H28N8/c1-4-7-22-20(9-6-10-23(22)29-3)14-15-30-16-25-34-27(21-12-13-26-31-18-32-36(26)17-21)28(35-25)24-11-5-8-19(2)33-24/h4-13,17-18,30H,3,14-16H2,1-2H3,(H,34,35)/b7-4-. The molecule has 0 aliphatic carbocycles. The quantitative estimate of drug-likeness (QED) is 0.226. The van der Waals surface area contributed by atoms with Gasteiger partial charge in [-0.1, -0.05) is 30.4 Å². The van der Waals surface area contributed by atoms with Crippen molar-refractivity contribution in [3.05, 3.63) is 89.8 Å². The Labute approximate surface area is 209 Å². The lowest BCUT2D eigenvalue weighted by atomic mass is 10.0. The zero-order valence-electron chi connectivity index (χ0n) is 20.4. The van der Waals surface area contributed by atoms with Crippen LogP contribution < -0.4 is 5.32 Å². The molecule has 0 atom stereocenters. The molecule has 0 amide bonds. The Morgan fingerprint density at radius 3 is 2.83 bits per heavy atom. The maximum absolute atomic E-state index is 4.94. The number of hydrogen-bond donors (Lipinski definition) is 2.